The Balaban J connectivity index is 2.18. The van der Waals surface area contributed by atoms with E-state index in [1.807, 2.05) is 55.5 Å². The van der Waals surface area contributed by atoms with E-state index in [9.17, 15) is 0 Å². The van der Waals surface area contributed by atoms with Crippen molar-refractivity contribution in [3.63, 3.8) is 0 Å². The van der Waals surface area contributed by atoms with Gasteiger partial charge in [-0.3, -0.25) is 0 Å². The van der Waals surface area contributed by atoms with Gasteiger partial charge in [-0.1, -0.05) is 67.1 Å². The number of halogens is 1. The summed E-state index contributed by atoms with van der Waals surface area (Å²) in [6.07, 6.45) is 1.35. The smallest absolute Gasteiger partial charge is 0.138 e. The molecule has 0 saturated heterocycles. The number of nitrogens with two attached hydrogens (primary N) is 1. The number of hydrogen-bond acceptors (Lipinski definition) is 2. The van der Waals surface area contributed by atoms with E-state index in [2.05, 4.69) is 0 Å². The number of benzene rings is 2. The van der Waals surface area contributed by atoms with Gasteiger partial charge in [-0.25, -0.2) is 0 Å². The van der Waals surface area contributed by atoms with Gasteiger partial charge in [0.15, 0.2) is 0 Å². The van der Waals surface area contributed by atoms with Crippen LogP contribution in [-0.4, -0.2) is 11.1 Å². The van der Waals surface area contributed by atoms with Crippen LogP contribution in [0.2, 0.25) is 5.02 Å². The average Bonchev–Trinajstić information content (AvgIpc) is 2.49. The fourth-order valence-corrected chi connectivity index (χ4v) is 2.49. The van der Waals surface area contributed by atoms with E-state index in [4.69, 9.17) is 34.3 Å². The molecule has 0 amide bonds. The van der Waals surface area contributed by atoms with Gasteiger partial charge < -0.3 is 10.5 Å². The Morgan fingerprint density at radius 3 is 2.48 bits per heavy atom. The highest BCUT2D eigenvalue weighted by Crippen LogP contribution is 2.31. The molecule has 2 aromatic rings. The van der Waals surface area contributed by atoms with Gasteiger partial charge in [0.25, 0.3) is 0 Å². The minimum atomic E-state index is -0.0393. The van der Waals surface area contributed by atoms with Gasteiger partial charge >= 0.3 is 0 Å². The van der Waals surface area contributed by atoms with Crippen molar-refractivity contribution in [2.24, 2.45) is 5.73 Å². The summed E-state index contributed by atoms with van der Waals surface area (Å²) in [5.74, 6) is 0.666. The molecule has 2 rings (SSSR count). The van der Waals surface area contributed by atoms with E-state index < -0.39 is 0 Å². The van der Waals surface area contributed by atoms with E-state index >= 15 is 0 Å². The molecule has 0 bridgehead atoms. The highest BCUT2D eigenvalue weighted by molar-refractivity contribution is 7.80. The summed E-state index contributed by atoms with van der Waals surface area (Å²) in [4.78, 5) is 0.457. The predicted octanol–water partition coefficient (Wildman–Crippen LogP) is 4.84. The molecule has 0 aliphatic carbocycles. The average molecular weight is 320 g/mol. The second-order valence-corrected chi connectivity index (χ2v) is 5.76. The van der Waals surface area contributed by atoms with Crippen molar-refractivity contribution in [1.82, 2.24) is 0 Å². The van der Waals surface area contributed by atoms with Crippen LogP contribution < -0.4 is 10.5 Å². The summed E-state index contributed by atoms with van der Waals surface area (Å²) in [6.45, 7) is 2.04. The summed E-state index contributed by atoms with van der Waals surface area (Å²) in [5.41, 5.74) is 7.77. The minimum Gasteiger partial charge on any atom is -0.488 e. The molecular formula is C17H18ClNOS. The molecule has 0 heterocycles. The maximum absolute atomic E-state index is 6.33. The van der Waals surface area contributed by atoms with Crippen LogP contribution in [0.3, 0.4) is 0 Å². The topological polar surface area (TPSA) is 35.2 Å². The lowest BCUT2D eigenvalue weighted by molar-refractivity contribution is 0.205. The first-order chi connectivity index (χ1) is 10.1. The molecule has 1 unspecified atom stereocenters. The van der Waals surface area contributed by atoms with E-state index in [-0.39, 0.29) is 6.10 Å². The SMILES string of the molecule is CCC(CC(N)=S)Oc1ccc(-c2ccccc2)cc1Cl. The summed E-state index contributed by atoms with van der Waals surface area (Å²) in [6, 6.07) is 15.9. The number of rotatable bonds is 6. The Kier molecular flexibility index (Phi) is 5.59. The van der Waals surface area contributed by atoms with Gasteiger partial charge in [0.2, 0.25) is 0 Å². The van der Waals surface area contributed by atoms with Crippen LogP contribution in [-0.2, 0) is 0 Å². The summed E-state index contributed by atoms with van der Waals surface area (Å²) in [5, 5.41) is 0.595. The number of hydrogen-bond donors (Lipinski definition) is 1. The number of thiocarbonyl (C=S) groups is 1. The molecule has 0 aliphatic rings. The van der Waals surface area contributed by atoms with E-state index in [1.54, 1.807) is 0 Å². The zero-order chi connectivity index (χ0) is 15.2. The Labute approximate surface area is 135 Å². The van der Waals surface area contributed by atoms with Gasteiger partial charge in [-0.05, 0) is 29.7 Å². The van der Waals surface area contributed by atoms with Crippen molar-refractivity contribution in [1.29, 1.82) is 0 Å². The van der Waals surface area contributed by atoms with Crippen LogP contribution in [0.5, 0.6) is 5.75 Å². The van der Waals surface area contributed by atoms with Crippen molar-refractivity contribution in [3.8, 4) is 16.9 Å². The molecule has 21 heavy (non-hydrogen) atoms. The van der Waals surface area contributed by atoms with Gasteiger partial charge in [0.1, 0.15) is 11.9 Å². The van der Waals surface area contributed by atoms with E-state index in [0.717, 1.165) is 17.5 Å². The first-order valence-electron chi connectivity index (χ1n) is 6.90. The molecule has 0 aliphatic heterocycles. The molecule has 2 N–H and O–H groups in total. The van der Waals surface area contributed by atoms with Crippen molar-refractivity contribution in [3.05, 3.63) is 53.6 Å². The van der Waals surface area contributed by atoms with Crippen LogP contribution >= 0.6 is 23.8 Å². The Bertz CT molecular complexity index is 615. The van der Waals surface area contributed by atoms with Crippen LogP contribution in [0, 0.1) is 0 Å². The van der Waals surface area contributed by atoms with Gasteiger partial charge in [0.05, 0.1) is 10.0 Å². The zero-order valence-electron chi connectivity index (χ0n) is 11.9. The zero-order valence-corrected chi connectivity index (χ0v) is 13.5. The molecule has 0 spiro atoms. The normalized spacial score (nSPS) is 11.9. The standard InChI is InChI=1S/C17H18ClNOS/c1-2-14(11-17(19)21)20-16-9-8-13(10-15(16)18)12-6-4-3-5-7-12/h3-10,14H,2,11H2,1H3,(H2,19,21). The highest BCUT2D eigenvalue weighted by atomic mass is 35.5. The Morgan fingerprint density at radius 1 is 1.19 bits per heavy atom. The fourth-order valence-electron chi connectivity index (χ4n) is 2.08. The molecule has 0 aromatic heterocycles. The monoisotopic (exact) mass is 319 g/mol. The summed E-state index contributed by atoms with van der Waals surface area (Å²) in [7, 11) is 0. The molecule has 4 heteroatoms. The second kappa shape index (κ2) is 7.43. The fraction of sp³-hybridized carbons (Fsp3) is 0.235. The number of ether oxygens (including phenoxy) is 1. The first-order valence-corrected chi connectivity index (χ1v) is 7.68. The van der Waals surface area contributed by atoms with Gasteiger partial charge in [0, 0.05) is 6.42 Å². The summed E-state index contributed by atoms with van der Waals surface area (Å²) < 4.78 is 5.90. The third-order valence-corrected chi connectivity index (χ3v) is 3.68. The Hall–Kier alpha value is -1.58. The molecule has 0 fully saturated rings. The van der Waals surface area contributed by atoms with Crippen LogP contribution in [0.25, 0.3) is 11.1 Å². The minimum absolute atomic E-state index is 0.0393. The third kappa shape index (κ3) is 4.45. The lowest BCUT2D eigenvalue weighted by Crippen LogP contribution is -2.23. The van der Waals surface area contributed by atoms with Gasteiger partial charge in [-0.15, -0.1) is 0 Å². The molecule has 110 valence electrons. The lowest BCUT2D eigenvalue weighted by Gasteiger charge is -2.18. The van der Waals surface area contributed by atoms with Gasteiger partial charge in [-0.2, -0.15) is 0 Å². The predicted molar refractivity (Wildman–Crippen MR) is 93.0 cm³/mol. The summed E-state index contributed by atoms with van der Waals surface area (Å²) >= 11 is 11.3. The first kappa shape index (κ1) is 15.8. The molecule has 2 aromatic carbocycles. The molecular weight excluding hydrogens is 302 g/mol. The van der Waals surface area contributed by atoms with Crippen molar-refractivity contribution < 1.29 is 4.74 Å². The quantitative estimate of drug-likeness (QED) is 0.774. The van der Waals surface area contributed by atoms with Crippen LogP contribution in [0.15, 0.2) is 48.5 Å². The molecule has 0 saturated carbocycles. The Morgan fingerprint density at radius 2 is 1.90 bits per heavy atom. The largest absolute Gasteiger partial charge is 0.488 e. The molecule has 1 atom stereocenters. The maximum Gasteiger partial charge on any atom is 0.138 e. The molecule has 0 radical (unpaired) electrons. The van der Waals surface area contributed by atoms with Crippen LogP contribution in [0.4, 0.5) is 0 Å². The maximum atomic E-state index is 6.33. The second-order valence-electron chi connectivity index (χ2n) is 4.83. The van der Waals surface area contributed by atoms with E-state index in [0.29, 0.717) is 22.2 Å². The van der Waals surface area contributed by atoms with Crippen molar-refractivity contribution >= 4 is 28.8 Å². The van der Waals surface area contributed by atoms with Crippen LogP contribution in [0.1, 0.15) is 19.8 Å². The van der Waals surface area contributed by atoms with E-state index in [1.165, 1.54) is 0 Å². The van der Waals surface area contributed by atoms with Crippen molar-refractivity contribution in [2.45, 2.75) is 25.9 Å². The lowest BCUT2D eigenvalue weighted by atomic mass is 10.1. The molecule has 2 nitrogen and oxygen atoms in total. The highest BCUT2D eigenvalue weighted by Gasteiger charge is 2.12. The van der Waals surface area contributed by atoms with Crippen molar-refractivity contribution in [2.75, 3.05) is 0 Å². The third-order valence-electron chi connectivity index (χ3n) is 3.22.